The van der Waals surface area contributed by atoms with Crippen LogP contribution < -0.4 is 20.8 Å². The van der Waals surface area contributed by atoms with Crippen LogP contribution in [0, 0.1) is 0 Å². The molecule has 164 valence electrons. The number of carbonyl (C=O) groups is 3. The summed E-state index contributed by atoms with van der Waals surface area (Å²) in [5, 5.41) is 9.57. The van der Waals surface area contributed by atoms with Crippen LogP contribution in [0.3, 0.4) is 0 Å². The second-order valence-corrected chi connectivity index (χ2v) is 7.30. The highest BCUT2D eigenvalue weighted by Gasteiger charge is 2.14. The number of hydrazone groups is 1. The number of para-hydroxylation sites is 1. The van der Waals surface area contributed by atoms with Gasteiger partial charge in [0.05, 0.1) is 21.9 Å². The number of rotatable bonds is 8. The zero-order valence-electron chi connectivity index (χ0n) is 16.9. The fourth-order valence-corrected chi connectivity index (χ4v) is 2.64. The van der Waals surface area contributed by atoms with E-state index >= 15 is 0 Å². The smallest absolute Gasteiger partial charge is 0.329 e. The zero-order chi connectivity index (χ0) is 22.8. The third-order valence-corrected chi connectivity index (χ3v) is 4.66. The van der Waals surface area contributed by atoms with E-state index in [4.69, 9.17) is 27.9 Å². The minimum absolute atomic E-state index is 0.111. The third kappa shape index (κ3) is 7.92. The number of nitrogens with one attached hydrogen (secondary N) is 3. The summed E-state index contributed by atoms with van der Waals surface area (Å²) in [4.78, 5) is 35.3. The van der Waals surface area contributed by atoms with Crippen LogP contribution >= 0.6 is 23.2 Å². The molecule has 0 unspecified atom stereocenters. The minimum atomic E-state index is -0.868. The lowest BCUT2D eigenvalue weighted by molar-refractivity contribution is -0.139. The van der Waals surface area contributed by atoms with Gasteiger partial charge in [0.2, 0.25) is 0 Å². The molecule has 0 fully saturated rings. The first-order valence-corrected chi connectivity index (χ1v) is 10.2. The molecule has 2 rings (SSSR count). The largest absolute Gasteiger partial charge is 0.482 e. The Bertz CT molecular complexity index is 982. The first kappa shape index (κ1) is 24.2. The quantitative estimate of drug-likeness (QED) is 0.316. The van der Waals surface area contributed by atoms with Crippen LogP contribution in [-0.2, 0) is 14.4 Å². The number of ether oxygens (including phenoxy) is 1. The number of hydrogen-bond acceptors (Lipinski definition) is 5. The second kappa shape index (κ2) is 11.9. The van der Waals surface area contributed by atoms with E-state index in [1.165, 1.54) is 12.3 Å². The molecular formula is C21H22Cl2N4O4. The molecule has 0 aliphatic heterocycles. The van der Waals surface area contributed by atoms with Crippen molar-refractivity contribution >= 4 is 52.8 Å². The van der Waals surface area contributed by atoms with Gasteiger partial charge in [0, 0.05) is 6.04 Å². The van der Waals surface area contributed by atoms with Gasteiger partial charge in [0.25, 0.3) is 5.91 Å². The third-order valence-electron chi connectivity index (χ3n) is 4.04. The van der Waals surface area contributed by atoms with Gasteiger partial charge in [-0.05, 0) is 49.2 Å². The van der Waals surface area contributed by atoms with Crippen molar-refractivity contribution in [3.05, 3.63) is 58.1 Å². The summed E-state index contributed by atoms with van der Waals surface area (Å²) in [6.07, 6.45) is 2.03. The van der Waals surface area contributed by atoms with Crippen LogP contribution in [0.4, 0.5) is 5.69 Å². The predicted molar refractivity (Wildman–Crippen MR) is 121 cm³/mol. The monoisotopic (exact) mass is 464 g/mol. The molecule has 2 aromatic carbocycles. The molecule has 0 aliphatic carbocycles. The fourth-order valence-electron chi connectivity index (χ4n) is 2.21. The molecule has 8 nitrogen and oxygen atoms in total. The highest BCUT2D eigenvalue weighted by molar-refractivity contribution is 6.35. The van der Waals surface area contributed by atoms with Crippen molar-refractivity contribution in [2.24, 2.45) is 5.10 Å². The van der Waals surface area contributed by atoms with Crippen molar-refractivity contribution in [1.29, 1.82) is 0 Å². The Morgan fingerprint density at radius 2 is 1.84 bits per heavy atom. The van der Waals surface area contributed by atoms with Crippen molar-refractivity contribution in [1.82, 2.24) is 10.7 Å². The summed E-state index contributed by atoms with van der Waals surface area (Å²) in [5.41, 5.74) is 3.18. The Morgan fingerprint density at radius 1 is 1.10 bits per heavy atom. The Labute approximate surface area is 189 Å². The van der Waals surface area contributed by atoms with Gasteiger partial charge in [0.1, 0.15) is 5.75 Å². The Kier molecular flexibility index (Phi) is 9.30. The highest BCUT2D eigenvalue weighted by Crippen LogP contribution is 2.25. The van der Waals surface area contributed by atoms with Crippen LogP contribution in [0.2, 0.25) is 10.0 Å². The normalized spacial score (nSPS) is 11.6. The number of amides is 3. The van der Waals surface area contributed by atoms with Gasteiger partial charge in [-0.1, -0.05) is 42.3 Å². The SMILES string of the molecule is CC[C@@H](C)NC(=O)C(=O)N/N=C\c1ccc(OCC(=O)Nc2ccccc2Cl)c(Cl)c1. The summed E-state index contributed by atoms with van der Waals surface area (Å²) in [6.45, 7) is 3.42. The molecule has 0 bridgehead atoms. The number of benzene rings is 2. The molecule has 0 aliphatic rings. The van der Waals surface area contributed by atoms with Gasteiger partial charge >= 0.3 is 11.8 Å². The summed E-state index contributed by atoms with van der Waals surface area (Å²) in [7, 11) is 0. The molecule has 10 heteroatoms. The maximum Gasteiger partial charge on any atom is 0.329 e. The zero-order valence-corrected chi connectivity index (χ0v) is 18.5. The molecule has 3 N–H and O–H groups in total. The lowest BCUT2D eigenvalue weighted by atomic mass is 10.2. The maximum atomic E-state index is 12.0. The molecule has 31 heavy (non-hydrogen) atoms. The van der Waals surface area contributed by atoms with Crippen molar-refractivity contribution in [2.45, 2.75) is 26.3 Å². The topological polar surface area (TPSA) is 109 Å². The van der Waals surface area contributed by atoms with Crippen LogP contribution in [0.25, 0.3) is 0 Å². The Balaban J connectivity index is 1.86. The fraction of sp³-hybridized carbons (Fsp3) is 0.238. The Morgan fingerprint density at radius 3 is 2.52 bits per heavy atom. The molecule has 0 heterocycles. The Hall–Kier alpha value is -3.10. The number of anilines is 1. The van der Waals surface area contributed by atoms with Gasteiger partial charge in [-0.2, -0.15) is 5.10 Å². The van der Waals surface area contributed by atoms with Gasteiger partial charge in [0.15, 0.2) is 6.61 Å². The standard InChI is InChI=1S/C21H22Cl2N4O4/c1-3-13(2)25-20(29)21(30)27-24-11-14-8-9-18(16(23)10-14)31-12-19(28)26-17-7-5-4-6-15(17)22/h4-11,13H,3,12H2,1-2H3,(H,25,29)(H,26,28)(H,27,30)/b24-11-/t13-/m1/s1. The number of carbonyl (C=O) groups excluding carboxylic acids is 3. The van der Waals surface area contributed by atoms with E-state index in [1.54, 1.807) is 43.3 Å². The summed E-state index contributed by atoms with van der Waals surface area (Å²) >= 11 is 12.2. The lowest BCUT2D eigenvalue weighted by Crippen LogP contribution is -2.41. The number of nitrogens with zero attached hydrogens (tertiary/aromatic N) is 1. The predicted octanol–water partition coefficient (Wildman–Crippen LogP) is 3.38. The minimum Gasteiger partial charge on any atom is -0.482 e. The van der Waals surface area contributed by atoms with Gasteiger partial charge in [-0.15, -0.1) is 0 Å². The van der Waals surface area contributed by atoms with E-state index in [9.17, 15) is 14.4 Å². The first-order chi connectivity index (χ1) is 14.8. The van der Waals surface area contributed by atoms with E-state index in [1.807, 2.05) is 6.92 Å². The second-order valence-electron chi connectivity index (χ2n) is 6.49. The van der Waals surface area contributed by atoms with Crippen LogP contribution in [-0.4, -0.2) is 36.6 Å². The van der Waals surface area contributed by atoms with Crippen LogP contribution in [0.5, 0.6) is 5.75 Å². The van der Waals surface area contributed by atoms with Gasteiger partial charge in [-0.25, -0.2) is 5.43 Å². The number of hydrogen-bond donors (Lipinski definition) is 3. The molecule has 0 spiro atoms. The van der Waals surface area contributed by atoms with E-state index in [0.29, 0.717) is 28.4 Å². The molecule has 1 atom stereocenters. The number of halogens is 2. The van der Waals surface area contributed by atoms with Crippen LogP contribution in [0.1, 0.15) is 25.8 Å². The molecule has 0 saturated heterocycles. The highest BCUT2D eigenvalue weighted by atomic mass is 35.5. The summed E-state index contributed by atoms with van der Waals surface area (Å²) < 4.78 is 5.43. The summed E-state index contributed by atoms with van der Waals surface area (Å²) in [6, 6.07) is 11.5. The van der Waals surface area contributed by atoms with Gasteiger partial charge < -0.3 is 15.4 Å². The van der Waals surface area contributed by atoms with E-state index < -0.39 is 17.7 Å². The van der Waals surface area contributed by atoms with Crippen molar-refractivity contribution < 1.29 is 19.1 Å². The molecule has 3 amide bonds. The first-order valence-electron chi connectivity index (χ1n) is 9.40. The molecular weight excluding hydrogens is 443 g/mol. The maximum absolute atomic E-state index is 12.0. The van der Waals surface area contributed by atoms with E-state index in [2.05, 4.69) is 21.2 Å². The average Bonchev–Trinajstić information content (AvgIpc) is 2.74. The molecule has 0 radical (unpaired) electrons. The van der Waals surface area contributed by atoms with E-state index in [0.717, 1.165) is 0 Å². The molecule has 0 aromatic heterocycles. The van der Waals surface area contributed by atoms with Crippen molar-refractivity contribution in [2.75, 3.05) is 11.9 Å². The average molecular weight is 465 g/mol. The molecule has 2 aromatic rings. The van der Waals surface area contributed by atoms with Crippen molar-refractivity contribution in [3.63, 3.8) is 0 Å². The van der Waals surface area contributed by atoms with Gasteiger partial charge in [-0.3, -0.25) is 14.4 Å². The van der Waals surface area contributed by atoms with E-state index in [-0.39, 0.29) is 17.7 Å². The van der Waals surface area contributed by atoms with Crippen LogP contribution in [0.15, 0.2) is 47.6 Å². The van der Waals surface area contributed by atoms with Crippen molar-refractivity contribution in [3.8, 4) is 5.75 Å². The molecule has 0 saturated carbocycles. The lowest BCUT2D eigenvalue weighted by Gasteiger charge is -2.10. The summed E-state index contributed by atoms with van der Waals surface area (Å²) in [5.74, 6) is -1.73.